The van der Waals surface area contributed by atoms with Gasteiger partial charge in [0.15, 0.2) is 0 Å². The van der Waals surface area contributed by atoms with E-state index in [1.807, 2.05) is 53.7 Å². The smallest absolute Gasteiger partial charge is 0.410 e. The van der Waals surface area contributed by atoms with E-state index < -0.39 is 17.1 Å². The molecule has 2 aromatic heterocycles. The molecule has 19 heteroatoms. The molecule has 2 amide bonds. The SMILES string of the molecule is CC(C)(C)OC(=O)N1CCC(Oc2cc(F)nc(C#N)n2)CC1.C[C@H]1CN(C)CCN1.C[C@H]1CN(C)CCN1c1cc(OC2CCN(C(=O)OC(C)(C)C)CC2)nc(C#N)n1. The molecule has 4 aliphatic heterocycles. The molecule has 6 heterocycles. The third kappa shape index (κ3) is 16.7. The average Bonchev–Trinajstić information content (AvgIpc) is 3.17. The van der Waals surface area contributed by atoms with Crippen LogP contribution in [0, 0.1) is 28.6 Å². The van der Waals surface area contributed by atoms with Gasteiger partial charge in [-0.2, -0.15) is 29.9 Å². The lowest BCUT2D eigenvalue weighted by atomic mass is 10.1. The quantitative estimate of drug-likeness (QED) is 0.414. The van der Waals surface area contributed by atoms with Gasteiger partial charge in [-0.25, -0.2) is 14.6 Å². The Kier molecular flexibility index (Phi) is 17.6. The molecule has 2 atom stereocenters. The first-order valence-corrected chi connectivity index (χ1v) is 21.1. The number of hydrogen-bond acceptors (Lipinski definition) is 16. The molecule has 2 aromatic rings. The van der Waals surface area contributed by atoms with Gasteiger partial charge in [-0.1, -0.05) is 0 Å². The Morgan fingerprint density at radius 2 is 1.18 bits per heavy atom. The number of hydrogen-bond donors (Lipinski definition) is 1. The number of nitriles is 2. The summed E-state index contributed by atoms with van der Waals surface area (Å²) in [6.45, 7) is 23.8. The molecule has 0 aliphatic carbocycles. The maximum Gasteiger partial charge on any atom is 0.410 e. The number of amides is 2. The van der Waals surface area contributed by atoms with Crippen LogP contribution in [0.2, 0.25) is 0 Å². The Bertz CT molecular complexity index is 1820. The zero-order valence-corrected chi connectivity index (χ0v) is 37.6. The van der Waals surface area contributed by atoms with Crippen molar-refractivity contribution in [3.05, 3.63) is 29.7 Å². The lowest BCUT2D eigenvalue weighted by Crippen LogP contribution is -2.50. The van der Waals surface area contributed by atoms with Gasteiger partial charge in [0.25, 0.3) is 0 Å². The number of carbonyl (C=O) groups excluding carboxylic acids is 2. The van der Waals surface area contributed by atoms with Gasteiger partial charge in [-0.15, -0.1) is 0 Å². The van der Waals surface area contributed by atoms with E-state index in [-0.39, 0.29) is 48.0 Å². The summed E-state index contributed by atoms with van der Waals surface area (Å²) < 4.78 is 35.7. The maximum absolute atomic E-state index is 13.2. The molecule has 4 saturated heterocycles. The molecule has 6 rings (SSSR count). The molecule has 336 valence electrons. The van der Waals surface area contributed by atoms with Crippen LogP contribution in [0.15, 0.2) is 12.1 Å². The predicted molar refractivity (Wildman–Crippen MR) is 226 cm³/mol. The number of likely N-dealkylation sites (N-methyl/N-ethyl adjacent to an activating group) is 2. The van der Waals surface area contributed by atoms with Crippen LogP contribution >= 0.6 is 0 Å². The molecule has 0 spiro atoms. The monoisotopic (exact) mass is 853 g/mol. The molecule has 18 nitrogen and oxygen atoms in total. The summed E-state index contributed by atoms with van der Waals surface area (Å²) in [5.41, 5.74) is -1.04. The molecule has 0 aromatic carbocycles. The minimum Gasteiger partial charge on any atom is -0.474 e. The van der Waals surface area contributed by atoms with E-state index in [1.54, 1.807) is 15.9 Å². The van der Waals surface area contributed by atoms with E-state index >= 15 is 0 Å². The first-order valence-electron chi connectivity index (χ1n) is 21.1. The number of piperidine rings is 2. The van der Waals surface area contributed by atoms with Crippen LogP contribution < -0.4 is 19.7 Å². The Hall–Kier alpha value is -5.11. The summed E-state index contributed by atoms with van der Waals surface area (Å²) in [7, 11) is 4.27. The number of likely N-dealkylation sites (tertiary alicyclic amines) is 2. The van der Waals surface area contributed by atoms with Crippen molar-refractivity contribution in [2.75, 3.05) is 84.4 Å². The Labute approximate surface area is 360 Å². The van der Waals surface area contributed by atoms with Gasteiger partial charge in [-0.3, -0.25) is 0 Å². The van der Waals surface area contributed by atoms with E-state index in [0.717, 1.165) is 38.1 Å². The number of anilines is 1. The molecule has 0 radical (unpaired) electrons. The minimum atomic E-state index is -0.808. The number of ether oxygens (including phenoxy) is 4. The van der Waals surface area contributed by atoms with Crippen LogP contribution in [0.3, 0.4) is 0 Å². The molecule has 4 aliphatic rings. The highest BCUT2D eigenvalue weighted by Gasteiger charge is 2.30. The first-order chi connectivity index (χ1) is 28.7. The summed E-state index contributed by atoms with van der Waals surface area (Å²) in [5.74, 6) is 0.204. The van der Waals surface area contributed by atoms with E-state index in [2.05, 4.69) is 67.9 Å². The highest BCUT2D eigenvalue weighted by molar-refractivity contribution is 5.68. The van der Waals surface area contributed by atoms with Crippen molar-refractivity contribution in [1.29, 1.82) is 10.5 Å². The van der Waals surface area contributed by atoms with E-state index in [9.17, 15) is 19.2 Å². The zero-order valence-electron chi connectivity index (χ0n) is 37.6. The van der Waals surface area contributed by atoms with Gasteiger partial charge in [0.05, 0.1) is 6.07 Å². The van der Waals surface area contributed by atoms with Gasteiger partial charge in [0, 0.05) is 109 Å². The second-order valence-electron chi connectivity index (χ2n) is 18.0. The minimum absolute atomic E-state index is 0.0322. The zero-order chi connectivity index (χ0) is 44.9. The Morgan fingerprint density at radius 1 is 0.705 bits per heavy atom. The van der Waals surface area contributed by atoms with Crippen molar-refractivity contribution in [1.82, 2.24) is 44.9 Å². The average molecular weight is 853 g/mol. The van der Waals surface area contributed by atoms with E-state index in [0.29, 0.717) is 63.8 Å². The van der Waals surface area contributed by atoms with Gasteiger partial charge in [0.2, 0.25) is 29.4 Å². The topological polar surface area (TPSA) is 198 Å². The predicted octanol–water partition coefficient (Wildman–Crippen LogP) is 4.44. The van der Waals surface area contributed by atoms with E-state index in [4.69, 9.17) is 24.2 Å². The molecule has 0 unspecified atom stereocenters. The van der Waals surface area contributed by atoms with Gasteiger partial charge in [0.1, 0.15) is 41.4 Å². The second kappa shape index (κ2) is 22.1. The Morgan fingerprint density at radius 3 is 1.61 bits per heavy atom. The van der Waals surface area contributed by atoms with Crippen LogP contribution in [0.25, 0.3) is 0 Å². The fourth-order valence-electron chi connectivity index (χ4n) is 7.09. The maximum atomic E-state index is 13.2. The van der Waals surface area contributed by atoms with E-state index in [1.165, 1.54) is 13.1 Å². The summed E-state index contributed by atoms with van der Waals surface area (Å²) >= 11 is 0. The summed E-state index contributed by atoms with van der Waals surface area (Å²) in [5, 5.41) is 21.5. The van der Waals surface area contributed by atoms with Crippen molar-refractivity contribution in [3.63, 3.8) is 0 Å². The molecule has 61 heavy (non-hydrogen) atoms. The molecule has 1 N–H and O–H groups in total. The summed E-state index contributed by atoms with van der Waals surface area (Å²) in [4.78, 5) is 50.1. The molecule has 0 saturated carbocycles. The summed E-state index contributed by atoms with van der Waals surface area (Å²) in [6.07, 6.45) is 1.62. The van der Waals surface area contributed by atoms with Crippen LogP contribution in [0.4, 0.5) is 19.8 Å². The van der Waals surface area contributed by atoms with Crippen molar-refractivity contribution >= 4 is 18.0 Å². The lowest BCUT2D eigenvalue weighted by molar-refractivity contribution is 0.0111. The van der Waals surface area contributed by atoms with Crippen molar-refractivity contribution in [2.45, 2.75) is 117 Å². The normalized spacial score (nSPS) is 20.8. The van der Waals surface area contributed by atoms with Crippen LogP contribution in [-0.2, 0) is 9.47 Å². The number of aromatic nitrogens is 4. The van der Waals surface area contributed by atoms with Crippen LogP contribution in [0.5, 0.6) is 11.8 Å². The number of rotatable bonds is 5. The number of nitrogens with one attached hydrogen (secondary N) is 1. The third-order valence-corrected chi connectivity index (χ3v) is 10.0. The summed E-state index contributed by atoms with van der Waals surface area (Å²) in [6, 6.07) is 7.56. The first kappa shape index (κ1) is 48.6. The highest BCUT2D eigenvalue weighted by atomic mass is 19.1. The molecular weight excluding hydrogens is 788 g/mol. The fraction of sp³-hybridized carbons (Fsp3) is 0.714. The van der Waals surface area contributed by atoms with Crippen molar-refractivity contribution in [3.8, 4) is 23.9 Å². The van der Waals surface area contributed by atoms with Crippen LogP contribution in [0.1, 0.15) is 92.7 Å². The highest BCUT2D eigenvalue weighted by Crippen LogP contribution is 2.25. The number of nitrogens with zero attached hydrogens (tertiary/aromatic N) is 11. The van der Waals surface area contributed by atoms with Gasteiger partial charge in [-0.05, 0) is 69.5 Å². The van der Waals surface area contributed by atoms with Crippen molar-refractivity contribution in [2.24, 2.45) is 0 Å². The fourth-order valence-corrected chi connectivity index (χ4v) is 7.09. The van der Waals surface area contributed by atoms with Crippen molar-refractivity contribution < 1.29 is 32.9 Å². The lowest BCUT2D eigenvalue weighted by Gasteiger charge is -2.39. The molecule has 4 fully saturated rings. The molecule has 0 bridgehead atoms. The number of piperazine rings is 2. The van der Waals surface area contributed by atoms with Crippen LogP contribution in [-0.4, -0.2) is 167 Å². The van der Waals surface area contributed by atoms with Gasteiger partial charge < -0.3 is 48.8 Å². The number of carbonyl (C=O) groups is 2. The third-order valence-electron chi connectivity index (χ3n) is 10.0. The Balaban J connectivity index is 0.000000232. The van der Waals surface area contributed by atoms with Gasteiger partial charge >= 0.3 is 12.2 Å². The largest absolute Gasteiger partial charge is 0.474 e. The number of halogens is 1. The molecular formula is C42H65FN12O6. The second-order valence-corrected chi connectivity index (χ2v) is 18.0. The standard InChI is InChI=1S/C21H32N6O3.C15H19FN4O3.C6H14N2/c1-15-14-25(5)10-11-27(15)18-12-19(24-17(13-22)23-18)29-16-6-8-26(9-7-16)20(28)30-21(2,3)4;1-15(2,3)23-14(21)20-6-4-10(5-7-20)22-13-8-11(16)18-12(9-17)19-13;1-6-5-8(2)4-3-7-6/h12,15-16H,6-11,14H2,1-5H3;8,10H,4-7H2,1-3H3;6-7H,3-5H2,1-2H3/t15-;;6-/m0.0/s1.